The van der Waals surface area contributed by atoms with E-state index in [0.29, 0.717) is 5.75 Å². The number of benzene rings is 1. The number of ether oxygens (including phenoxy) is 1. The fraction of sp³-hybridized carbons (Fsp3) is 0.462. The molecule has 0 bridgehead atoms. The van der Waals surface area contributed by atoms with E-state index in [9.17, 15) is 0 Å². The van der Waals surface area contributed by atoms with Gasteiger partial charge in [-0.2, -0.15) is 5.26 Å². The molecular weight excluding hydrogens is 216 g/mol. The number of aliphatic hydroxyl groups is 1. The Bertz CT molecular complexity index is 374. The molecule has 0 spiro atoms. The summed E-state index contributed by atoms with van der Waals surface area (Å²) in [5.74, 6) is 0.633. The molecule has 1 rings (SSSR count). The maximum atomic E-state index is 9.12. The van der Waals surface area contributed by atoms with Crippen molar-refractivity contribution in [3.63, 3.8) is 0 Å². The fourth-order valence-corrected chi connectivity index (χ4v) is 1.41. The highest BCUT2D eigenvalue weighted by Crippen LogP contribution is 2.17. The van der Waals surface area contributed by atoms with Gasteiger partial charge in [0.1, 0.15) is 18.4 Å². The van der Waals surface area contributed by atoms with Crippen molar-refractivity contribution in [3.05, 3.63) is 29.8 Å². The second-order valence-corrected chi connectivity index (χ2v) is 3.71. The van der Waals surface area contributed by atoms with Crippen LogP contribution in [0, 0.1) is 11.3 Å². The van der Waals surface area contributed by atoms with Gasteiger partial charge in [-0.3, -0.25) is 5.32 Å². The van der Waals surface area contributed by atoms with Crippen LogP contribution in [0.2, 0.25) is 0 Å². The number of rotatable bonds is 7. The van der Waals surface area contributed by atoms with Gasteiger partial charge in [0, 0.05) is 5.56 Å². The molecule has 0 saturated heterocycles. The van der Waals surface area contributed by atoms with Crippen LogP contribution in [-0.4, -0.2) is 24.3 Å². The quantitative estimate of drug-likeness (QED) is 0.749. The topological polar surface area (TPSA) is 65.3 Å². The monoisotopic (exact) mass is 234 g/mol. The molecule has 2 N–H and O–H groups in total. The smallest absolute Gasteiger partial charge is 0.130 e. The minimum absolute atomic E-state index is 0.0597. The maximum Gasteiger partial charge on any atom is 0.130 e. The van der Waals surface area contributed by atoms with E-state index in [0.717, 1.165) is 18.5 Å². The van der Waals surface area contributed by atoms with E-state index in [1.165, 1.54) is 0 Å². The summed E-state index contributed by atoms with van der Waals surface area (Å²) in [5.41, 5.74) is 0.736. The van der Waals surface area contributed by atoms with Crippen molar-refractivity contribution >= 4 is 0 Å². The average molecular weight is 234 g/mol. The predicted octanol–water partition coefficient (Wildman–Crippen LogP) is 1.45. The summed E-state index contributed by atoms with van der Waals surface area (Å²) < 4.78 is 5.53. The molecule has 4 nitrogen and oxygen atoms in total. The number of para-hydroxylation sites is 1. The van der Waals surface area contributed by atoms with Crippen LogP contribution in [0.4, 0.5) is 0 Å². The first-order chi connectivity index (χ1) is 8.31. The molecule has 0 amide bonds. The van der Waals surface area contributed by atoms with Crippen LogP contribution < -0.4 is 10.1 Å². The number of nitrogens with one attached hydrogen (secondary N) is 1. The molecule has 0 aliphatic rings. The van der Waals surface area contributed by atoms with Gasteiger partial charge in [0.2, 0.25) is 0 Å². The lowest BCUT2D eigenvalue weighted by Crippen LogP contribution is -2.33. The summed E-state index contributed by atoms with van der Waals surface area (Å²) >= 11 is 0. The zero-order chi connectivity index (χ0) is 12.5. The molecule has 0 aliphatic carbocycles. The molecule has 1 aromatic rings. The van der Waals surface area contributed by atoms with Crippen LogP contribution in [0.15, 0.2) is 24.3 Å². The van der Waals surface area contributed by atoms with Crippen LogP contribution >= 0.6 is 0 Å². The SMILES string of the molecule is CCCNC(C#N)COc1ccccc1CO. The Balaban J connectivity index is 2.51. The van der Waals surface area contributed by atoms with E-state index in [-0.39, 0.29) is 19.3 Å². The first-order valence-electron chi connectivity index (χ1n) is 5.76. The lowest BCUT2D eigenvalue weighted by atomic mass is 10.2. The van der Waals surface area contributed by atoms with E-state index in [1.807, 2.05) is 19.1 Å². The molecule has 0 fully saturated rings. The van der Waals surface area contributed by atoms with Crippen molar-refractivity contribution in [1.82, 2.24) is 5.32 Å². The third-order valence-corrected chi connectivity index (χ3v) is 2.35. The lowest BCUT2D eigenvalue weighted by molar-refractivity contribution is 0.255. The van der Waals surface area contributed by atoms with Crippen LogP contribution in [0.5, 0.6) is 5.75 Å². The van der Waals surface area contributed by atoms with E-state index < -0.39 is 0 Å². The van der Waals surface area contributed by atoms with Gasteiger partial charge in [-0.1, -0.05) is 25.1 Å². The van der Waals surface area contributed by atoms with Crippen molar-refractivity contribution in [3.8, 4) is 11.8 Å². The van der Waals surface area contributed by atoms with E-state index >= 15 is 0 Å². The molecule has 0 saturated carbocycles. The van der Waals surface area contributed by atoms with Gasteiger partial charge in [0.05, 0.1) is 12.7 Å². The normalized spacial score (nSPS) is 11.8. The van der Waals surface area contributed by atoms with Gasteiger partial charge >= 0.3 is 0 Å². The molecule has 1 atom stereocenters. The zero-order valence-corrected chi connectivity index (χ0v) is 10.0. The van der Waals surface area contributed by atoms with Crippen LogP contribution in [-0.2, 0) is 6.61 Å². The molecule has 0 aliphatic heterocycles. The molecular formula is C13H18N2O2. The summed E-state index contributed by atoms with van der Waals surface area (Å²) in [6.07, 6.45) is 0.978. The molecule has 1 aromatic carbocycles. The van der Waals surface area contributed by atoms with E-state index in [4.69, 9.17) is 15.1 Å². The van der Waals surface area contributed by atoms with Crippen molar-refractivity contribution in [2.75, 3.05) is 13.2 Å². The Kier molecular flexibility index (Phi) is 6.08. The highest BCUT2D eigenvalue weighted by Gasteiger charge is 2.08. The van der Waals surface area contributed by atoms with E-state index in [1.54, 1.807) is 12.1 Å². The Morgan fingerprint density at radius 3 is 2.88 bits per heavy atom. The Morgan fingerprint density at radius 2 is 2.24 bits per heavy atom. The third-order valence-electron chi connectivity index (χ3n) is 2.35. The second kappa shape index (κ2) is 7.66. The van der Waals surface area contributed by atoms with Crippen molar-refractivity contribution in [2.24, 2.45) is 0 Å². The predicted molar refractivity (Wildman–Crippen MR) is 65.6 cm³/mol. The van der Waals surface area contributed by atoms with Crippen molar-refractivity contribution in [2.45, 2.75) is 26.0 Å². The highest BCUT2D eigenvalue weighted by molar-refractivity contribution is 5.32. The molecule has 17 heavy (non-hydrogen) atoms. The summed E-state index contributed by atoms with van der Waals surface area (Å²) in [4.78, 5) is 0. The van der Waals surface area contributed by atoms with Gasteiger partial charge in [0.25, 0.3) is 0 Å². The molecule has 0 aromatic heterocycles. The number of hydrogen-bond acceptors (Lipinski definition) is 4. The van der Waals surface area contributed by atoms with Crippen molar-refractivity contribution < 1.29 is 9.84 Å². The minimum Gasteiger partial charge on any atom is -0.490 e. The third kappa shape index (κ3) is 4.43. The maximum absolute atomic E-state index is 9.12. The fourth-order valence-electron chi connectivity index (χ4n) is 1.41. The second-order valence-electron chi connectivity index (χ2n) is 3.71. The van der Waals surface area contributed by atoms with Crippen LogP contribution in [0.1, 0.15) is 18.9 Å². The highest BCUT2D eigenvalue weighted by atomic mass is 16.5. The van der Waals surface area contributed by atoms with Gasteiger partial charge in [-0.25, -0.2) is 0 Å². The number of nitrogens with zero attached hydrogens (tertiary/aromatic N) is 1. The number of hydrogen-bond donors (Lipinski definition) is 2. The van der Waals surface area contributed by atoms with Gasteiger partial charge in [-0.05, 0) is 19.0 Å². The lowest BCUT2D eigenvalue weighted by Gasteiger charge is -2.14. The molecule has 4 heteroatoms. The molecule has 1 unspecified atom stereocenters. The van der Waals surface area contributed by atoms with Gasteiger partial charge < -0.3 is 9.84 Å². The van der Waals surface area contributed by atoms with Crippen LogP contribution in [0.3, 0.4) is 0 Å². The Morgan fingerprint density at radius 1 is 1.47 bits per heavy atom. The van der Waals surface area contributed by atoms with Gasteiger partial charge in [-0.15, -0.1) is 0 Å². The van der Waals surface area contributed by atoms with Crippen molar-refractivity contribution in [1.29, 1.82) is 5.26 Å². The summed E-state index contributed by atoms with van der Waals surface area (Å²) in [7, 11) is 0. The van der Waals surface area contributed by atoms with Crippen LogP contribution in [0.25, 0.3) is 0 Å². The van der Waals surface area contributed by atoms with Gasteiger partial charge in [0.15, 0.2) is 0 Å². The zero-order valence-electron chi connectivity index (χ0n) is 10.0. The first kappa shape index (κ1) is 13.5. The molecule has 92 valence electrons. The summed E-state index contributed by atoms with van der Waals surface area (Å²) in [5, 5.41) is 21.1. The Hall–Kier alpha value is -1.57. The summed E-state index contributed by atoms with van der Waals surface area (Å²) in [6, 6.07) is 9.11. The summed E-state index contributed by atoms with van der Waals surface area (Å²) in [6.45, 7) is 3.07. The number of nitriles is 1. The van der Waals surface area contributed by atoms with E-state index in [2.05, 4.69) is 11.4 Å². The minimum atomic E-state index is -0.318. The largest absolute Gasteiger partial charge is 0.490 e. The molecule has 0 radical (unpaired) electrons. The first-order valence-corrected chi connectivity index (χ1v) is 5.76. The standard InChI is InChI=1S/C13H18N2O2/c1-2-7-15-12(8-14)10-17-13-6-4-3-5-11(13)9-16/h3-6,12,15-16H,2,7,9-10H2,1H3. The average Bonchev–Trinajstić information content (AvgIpc) is 2.39. The number of aliphatic hydroxyl groups excluding tert-OH is 1. The Labute approximate surface area is 102 Å². The molecule has 0 heterocycles.